The minimum atomic E-state index is 0.724. The zero-order chi connectivity index (χ0) is 15.1. The molecule has 0 aliphatic rings. The molecule has 0 bridgehead atoms. The SMILES string of the molecule is CCCOc1cccc(-c2nc(CCC)cc(NC)n2)c1. The van der Waals surface area contributed by atoms with E-state index in [9.17, 15) is 0 Å². The summed E-state index contributed by atoms with van der Waals surface area (Å²) in [6.07, 6.45) is 3.02. The molecule has 1 heterocycles. The highest BCUT2D eigenvalue weighted by Crippen LogP contribution is 2.23. The van der Waals surface area contributed by atoms with Crippen LogP contribution in [0.25, 0.3) is 11.4 Å². The number of nitrogens with one attached hydrogen (secondary N) is 1. The van der Waals surface area contributed by atoms with Gasteiger partial charge < -0.3 is 10.1 Å². The van der Waals surface area contributed by atoms with Crippen molar-refractivity contribution in [1.82, 2.24) is 9.97 Å². The molecule has 2 aromatic rings. The molecule has 21 heavy (non-hydrogen) atoms. The lowest BCUT2D eigenvalue weighted by Crippen LogP contribution is -2.01. The molecule has 4 nitrogen and oxygen atoms in total. The zero-order valence-electron chi connectivity index (χ0n) is 13.0. The molecule has 0 aliphatic carbocycles. The van der Waals surface area contributed by atoms with Crippen molar-refractivity contribution in [2.45, 2.75) is 33.1 Å². The average molecular weight is 285 g/mol. The second-order valence-corrected chi connectivity index (χ2v) is 4.94. The van der Waals surface area contributed by atoms with Gasteiger partial charge in [-0.25, -0.2) is 9.97 Å². The Morgan fingerprint density at radius 1 is 1.10 bits per heavy atom. The number of rotatable bonds is 7. The zero-order valence-corrected chi connectivity index (χ0v) is 13.0. The third-order valence-electron chi connectivity index (χ3n) is 3.11. The van der Waals surface area contributed by atoms with Crippen molar-refractivity contribution >= 4 is 5.82 Å². The molecular weight excluding hydrogens is 262 g/mol. The predicted octanol–water partition coefficient (Wildman–Crippen LogP) is 3.93. The monoisotopic (exact) mass is 285 g/mol. The summed E-state index contributed by atoms with van der Waals surface area (Å²) in [5, 5.41) is 3.10. The molecule has 0 unspecified atom stereocenters. The van der Waals surface area contributed by atoms with Crippen LogP contribution in [0.3, 0.4) is 0 Å². The van der Waals surface area contributed by atoms with Crippen molar-refractivity contribution in [1.29, 1.82) is 0 Å². The first-order chi connectivity index (χ1) is 10.3. The van der Waals surface area contributed by atoms with Crippen molar-refractivity contribution in [3.8, 4) is 17.1 Å². The fourth-order valence-corrected chi connectivity index (χ4v) is 2.08. The largest absolute Gasteiger partial charge is 0.494 e. The van der Waals surface area contributed by atoms with E-state index < -0.39 is 0 Å². The lowest BCUT2D eigenvalue weighted by atomic mass is 10.2. The van der Waals surface area contributed by atoms with Crippen LogP contribution in [-0.2, 0) is 6.42 Å². The van der Waals surface area contributed by atoms with Gasteiger partial charge in [-0.3, -0.25) is 0 Å². The van der Waals surface area contributed by atoms with E-state index in [4.69, 9.17) is 4.74 Å². The molecule has 1 aromatic heterocycles. The van der Waals surface area contributed by atoms with Crippen LogP contribution in [0.2, 0.25) is 0 Å². The van der Waals surface area contributed by atoms with Gasteiger partial charge in [0, 0.05) is 24.4 Å². The number of ether oxygens (including phenoxy) is 1. The van der Waals surface area contributed by atoms with Crippen LogP contribution in [0.15, 0.2) is 30.3 Å². The highest BCUT2D eigenvalue weighted by Gasteiger charge is 2.07. The fourth-order valence-electron chi connectivity index (χ4n) is 2.08. The Kier molecular flexibility index (Phi) is 5.55. The molecule has 0 saturated carbocycles. The number of hydrogen-bond donors (Lipinski definition) is 1. The van der Waals surface area contributed by atoms with Gasteiger partial charge in [0.05, 0.1) is 6.61 Å². The number of hydrogen-bond acceptors (Lipinski definition) is 4. The van der Waals surface area contributed by atoms with Gasteiger partial charge >= 0.3 is 0 Å². The molecule has 0 amide bonds. The molecule has 0 atom stereocenters. The van der Waals surface area contributed by atoms with Gasteiger partial charge in [0.2, 0.25) is 0 Å². The highest BCUT2D eigenvalue weighted by molar-refractivity contribution is 5.59. The maximum atomic E-state index is 5.68. The minimum absolute atomic E-state index is 0.724. The van der Waals surface area contributed by atoms with Crippen LogP contribution in [0.5, 0.6) is 5.75 Å². The van der Waals surface area contributed by atoms with Gasteiger partial charge in [0.15, 0.2) is 5.82 Å². The Balaban J connectivity index is 2.33. The van der Waals surface area contributed by atoms with Crippen LogP contribution in [0.1, 0.15) is 32.4 Å². The first-order valence-corrected chi connectivity index (χ1v) is 7.55. The van der Waals surface area contributed by atoms with Gasteiger partial charge in [-0.05, 0) is 25.0 Å². The molecule has 1 aromatic carbocycles. The first kappa shape index (κ1) is 15.3. The standard InChI is InChI=1S/C17H23N3O/c1-4-7-14-12-16(18-3)20-17(19-14)13-8-6-9-15(11-13)21-10-5-2/h6,8-9,11-12H,4-5,7,10H2,1-3H3,(H,18,19,20). The maximum Gasteiger partial charge on any atom is 0.161 e. The summed E-state index contributed by atoms with van der Waals surface area (Å²) in [6, 6.07) is 9.97. The number of benzene rings is 1. The maximum absolute atomic E-state index is 5.68. The smallest absolute Gasteiger partial charge is 0.161 e. The third-order valence-corrected chi connectivity index (χ3v) is 3.11. The van der Waals surface area contributed by atoms with Crippen LogP contribution in [0, 0.1) is 0 Å². The number of anilines is 1. The van der Waals surface area contributed by atoms with Gasteiger partial charge in [0.25, 0.3) is 0 Å². The number of aryl methyl sites for hydroxylation is 1. The van der Waals surface area contributed by atoms with Crippen molar-refractivity contribution in [3.05, 3.63) is 36.0 Å². The van der Waals surface area contributed by atoms with Crippen LogP contribution >= 0.6 is 0 Å². The van der Waals surface area contributed by atoms with Gasteiger partial charge in [0.1, 0.15) is 11.6 Å². The minimum Gasteiger partial charge on any atom is -0.494 e. The van der Waals surface area contributed by atoms with E-state index in [1.165, 1.54) is 0 Å². The van der Waals surface area contributed by atoms with Gasteiger partial charge in [-0.2, -0.15) is 0 Å². The van der Waals surface area contributed by atoms with Crippen LogP contribution < -0.4 is 10.1 Å². The molecule has 0 radical (unpaired) electrons. The lowest BCUT2D eigenvalue weighted by Gasteiger charge is -2.09. The van der Waals surface area contributed by atoms with Crippen LogP contribution in [0.4, 0.5) is 5.82 Å². The van der Waals surface area contributed by atoms with E-state index in [1.807, 2.05) is 37.4 Å². The second-order valence-electron chi connectivity index (χ2n) is 4.94. The summed E-state index contributed by atoms with van der Waals surface area (Å²) in [4.78, 5) is 9.20. The van der Waals surface area contributed by atoms with Crippen molar-refractivity contribution in [3.63, 3.8) is 0 Å². The fraction of sp³-hybridized carbons (Fsp3) is 0.412. The molecule has 1 N–H and O–H groups in total. The van der Waals surface area contributed by atoms with E-state index in [0.717, 1.165) is 54.5 Å². The average Bonchev–Trinajstić information content (AvgIpc) is 2.53. The van der Waals surface area contributed by atoms with Gasteiger partial charge in [-0.15, -0.1) is 0 Å². The molecule has 0 fully saturated rings. The Hall–Kier alpha value is -2.10. The summed E-state index contributed by atoms with van der Waals surface area (Å²) in [5.74, 6) is 2.46. The molecule has 2 rings (SSSR count). The van der Waals surface area contributed by atoms with E-state index in [2.05, 4.69) is 29.1 Å². The Labute approximate surface area is 126 Å². The number of nitrogens with zero attached hydrogens (tertiary/aromatic N) is 2. The van der Waals surface area contributed by atoms with E-state index >= 15 is 0 Å². The molecule has 0 spiro atoms. The summed E-state index contributed by atoms with van der Waals surface area (Å²) >= 11 is 0. The number of aromatic nitrogens is 2. The van der Waals surface area contributed by atoms with Crippen LogP contribution in [-0.4, -0.2) is 23.6 Å². The Bertz CT molecular complexity index is 584. The first-order valence-electron chi connectivity index (χ1n) is 7.55. The van der Waals surface area contributed by atoms with Crippen molar-refractivity contribution < 1.29 is 4.74 Å². The van der Waals surface area contributed by atoms with E-state index in [0.29, 0.717) is 0 Å². The summed E-state index contributed by atoms with van der Waals surface area (Å²) in [5.41, 5.74) is 2.05. The molecule has 112 valence electrons. The Morgan fingerprint density at radius 2 is 1.95 bits per heavy atom. The highest BCUT2D eigenvalue weighted by atomic mass is 16.5. The third kappa shape index (κ3) is 4.18. The summed E-state index contributed by atoms with van der Waals surface area (Å²) in [6.45, 7) is 4.97. The molecule has 0 aliphatic heterocycles. The summed E-state index contributed by atoms with van der Waals surface area (Å²) < 4.78 is 5.68. The van der Waals surface area contributed by atoms with Crippen molar-refractivity contribution in [2.24, 2.45) is 0 Å². The van der Waals surface area contributed by atoms with Crippen molar-refractivity contribution in [2.75, 3.05) is 19.0 Å². The molecular formula is C17H23N3O. The molecule has 4 heteroatoms. The summed E-state index contributed by atoms with van der Waals surface area (Å²) in [7, 11) is 1.88. The predicted molar refractivity (Wildman–Crippen MR) is 86.8 cm³/mol. The normalized spacial score (nSPS) is 10.4. The van der Waals surface area contributed by atoms with Gasteiger partial charge in [-0.1, -0.05) is 32.4 Å². The quantitative estimate of drug-likeness (QED) is 0.837. The lowest BCUT2D eigenvalue weighted by molar-refractivity contribution is 0.317. The molecule has 0 saturated heterocycles. The Morgan fingerprint density at radius 3 is 2.67 bits per heavy atom. The topological polar surface area (TPSA) is 47.0 Å². The second kappa shape index (κ2) is 7.62. The van der Waals surface area contributed by atoms with E-state index in [1.54, 1.807) is 0 Å². The van der Waals surface area contributed by atoms with E-state index in [-0.39, 0.29) is 0 Å².